The van der Waals surface area contributed by atoms with E-state index in [0.717, 1.165) is 29.9 Å². The lowest BCUT2D eigenvalue weighted by Gasteiger charge is -2.21. The molecule has 11 heteroatoms. The van der Waals surface area contributed by atoms with E-state index in [0.29, 0.717) is 42.8 Å². The monoisotopic (exact) mass is 559 g/mol. The Morgan fingerprint density at radius 3 is 2.49 bits per heavy atom. The highest BCUT2D eigenvalue weighted by Gasteiger charge is 2.35. The fourth-order valence-electron chi connectivity index (χ4n) is 5.11. The lowest BCUT2D eigenvalue weighted by molar-refractivity contribution is 0.159. The summed E-state index contributed by atoms with van der Waals surface area (Å²) < 4.78 is 26.0. The van der Waals surface area contributed by atoms with Crippen LogP contribution in [0.15, 0.2) is 67.0 Å². The average Bonchev–Trinajstić information content (AvgIpc) is 3.53. The van der Waals surface area contributed by atoms with Crippen LogP contribution >= 0.6 is 0 Å². The first-order valence-electron chi connectivity index (χ1n) is 13.6. The zero-order valence-corrected chi connectivity index (χ0v) is 23.4. The largest absolute Gasteiger partial charge is 0.464 e. The standard InChI is InChI=1S/C30H34FN7O3/c1-4-41-30-32-16-22(17-33-30)27-20(2)28(38(36-27)24-8-6-5-7-9-24)35-29(39)34-26-19-37(14-15-40-3)18-25(26)21-10-12-23(31)13-11-21/h5-13,16-17,25-26H,4,14-15,18-19H2,1-3H3,(H2,34,35,39). The van der Waals surface area contributed by atoms with Crippen LogP contribution in [0.4, 0.5) is 15.0 Å². The molecule has 1 aliphatic heterocycles. The quantitative estimate of drug-likeness (QED) is 0.296. The first-order chi connectivity index (χ1) is 20.0. The number of carbonyl (C=O) groups is 1. The molecule has 41 heavy (non-hydrogen) atoms. The Morgan fingerprint density at radius 1 is 1.07 bits per heavy atom. The second kappa shape index (κ2) is 12.9. The van der Waals surface area contributed by atoms with Crippen LogP contribution in [-0.4, -0.2) is 76.7 Å². The Kier molecular flexibility index (Phi) is 8.85. The minimum absolute atomic E-state index is 0.00472. The van der Waals surface area contributed by atoms with Crippen molar-refractivity contribution in [2.45, 2.75) is 25.8 Å². The molecule has 0 saturated carbocycles. The molecule has 0 radical (unpaired) electrons. The molecular formula is C30H34FN7O3. The minimum atomic E-state index is -0.356. The molecule has 2 N–H and O–H groups in total. The SMILES string of the molecule is CCOc1ncc(-c2nn(-c3ccccc3)c(NC(=O)NC3CN(CCOC)CC3c3ccc(F)cc3)c2C)cn1. The number of ether oxygens (including phenoxy) is 2. The maximum atomic E-state index is 13.6. The molecule has 2 aromatic heterocycles. The maximum Gasteiger partial charge on any atom is 0.320 e. The number of aromatic nitrogens is 4. The Hall–Kier alpha value is -4.35. The van der Waals surface area contributed by atoms with Gasteiger partial charge in [-0.2, -0.15) is 5.10 Å². The lowest BCUT2D eigenvalue weighted by atomic mass is 9.94. The van der Waals surface area contributed by atoms with E-state index >= 15 is 0 Å². The van der Waals surface area contributed by atoms with Gasteiger partial charge in [-0.15, -0.1) is 0 Å². The van der Waals surface area contributed by atoms with Crippen molar-refractivity contribution in [2.75, 3.05) is 45.3 Å². The summed E-state index contributed by atoms with van der Waals surface area (Å²) in [6.07, 6.45) is 3.32. The van der Waals surface area contributed by atoms with Gasteiger partial charge in [0.25, 0.3) is 0 Å². The van der Waals surface area contributed by atoms with E-state index in [-0.39, 0.29) is 23.8 Å². The predicted molar refractivity (Wildman–Crippen MR) is 154 cm³/mol. The number of rotatable bonds is 10. The van der Waals surface area contributed by atoms with Gasteiger partial charge in [-0.25, -0.2) is 23.8 Å². The maximum absolute atomic E-state index is 13.6. The number of nitrogens with one attached hydrogen (secondary N) is 2. The first kappa shape index (κ1) is 28.2. The van der Waals surface area contributed by atoms with Gasteiger partial charge in [-0.3, -0.25) is 10.2 Å². The molecule has 1 fully saturated rings. The van der Waals surface area contributed by atoms with E-state index < -0.39 is 0 Å². The number of likely N-dealkylation sites (tertiary alicyclic amines) is 1. The van der Waals surface area contributed by atoms with Gasteiger partial charge in [0, 0.05) is 56.2 Å². The average molecular weight is 560 g/mol. The Labute approximate surface area is 238 Å². The van der Waals surface area contributed by atoms with Crippen LogP contribution in [0.25, 0.3) is 16.9 Å². The molecule has 3 heterocycles. The van der Waals surface area contributed by atoms with Gasteiger partial charge >= 0.3 is 12.0 Å². The zero-order chi connectivity index (χ0) is 28.8. The fourth-order valence-corrected chi connectivity index (χ4v) is 5.11. The Bertz CT molecular complexity index is 1450. The van der Waals surface area contributed by atoms with Crippen molar-refractivity contribution in [1.82, 2.24) is 30.0 Å². The van der Waals surface area contributed by atoms with Crippen LogP contribution in [-0.2, 0) is 4.74 Å². The van der Waals surface area contributed by atoms with Gasteiger partial charge in [-0.1, -0.05) is 30.3 Å². The molecule has 2 aromatic carbocycles. The highest BCUT2D eigenvalue weighted by molar-refractivity contribution is 5.91. The van der Waals surface area contributed by atoms with Crippen LogP contribution in [0.5, 0.6) is 6.01 Å². The number of hydrogen-bond donors (Lipinski definition) is 2. The Morgan fingerprint density at radius 2 is 1.80 bits per heavy atom. The molecule has 10 nitrogen and oxygen atoms in total. The number of urea groups is 1. The summed E-state index contributed by atoms with van der Waals surface area (Å²) in [7, 11) is 1.67. The molecule has 1 saturated heterocycles. The highest BCUT2D eigenvalue weighted by atomic mass is 19.1. The minimum Gasteiger partial charge on any atom is -0.464 e. The number of nitrogens with zero attached hydrogens (tertiary/aromatic N) is 5. The summed E-state index contributed by atoms with van der Waals surface area (Å²) in [4.78, 5) is 24.3. The molecule has 0 bridgehead atoms. The number of para-hydroxylation sites is 1. The van der Waals surface area contributed by atoms with Gasteiger partial charge in [0.2, 0.25) is 0 Å². The molecule has 4 aromatic rings. The van der Waals surface area contributed by atoms with E-state index in [1.54, 1.807) is 36.3 Å². The van der Waals surface area contributed by atoms with Gasteiger partial charge < -0.3 is 14.8 Å². The van der Waals surface area contributed by atoms with Crippen molar-refractivity contribution in [3.05, 3.63) is 83.9 Å². The molecule has 2 atom stereocenters. The number of methoxy groups -OCH3 is 1. The van der Waals surface area contributed by atoms with Crippen molar-refractivity contribution < 1.29 is 18.7 Å². The number of halogens is 1. The van der Waals surface area contributed by atoms with Gasteiger partial charge in [-0.05, 0) is 43.7 Å². The van der Waals surface area contributed by atoms with Gasteiger partial charge in [0.05, 0.1) is 24.9 Å². The van der Waals surface area contributed by atoms with Crippen LogP contribution in [0.2, 0.25) is 0 Å². The van der Waals surface area contributed by atoms with Gasteiger partial charge in [0.15, 0.2) is 0 Å². The van der Waals surface area contributed by atoms with E-state index in [1.165, 1.54) is 12.1 Å². The smallest absolute Gasteiger partial charge is 0.320 e. The second-order valence-electron chi connectivity index (χ2n) is 9.87. The number of benzene rings is 2. The summed E-state index contributed by atoms with van der Waals surface area (Å²) in [5.41, 5.74) is 3.87. The van der Waals surface area contributed by atoms with Crippen molar-refractivity contribution in [3.63, 3.8) is 0 Å². The normalized spacial score (nSPS) is 17.0. The van der Waals surface area contributed by atoms with E-state index in [2.05, 4.69) is 25.5 Å². The third-order valence-electron chi connectivity index (χ3n) is 7.15. The van der Waals surface area contributed by atoms with Crippen molar-refractivity contribution >= 4 is 11.8 Å². The molecule has 2 amide bonds. The molecule has 1 aliphatic rings. The van der Waals surface area contributed by atoms with Gasteiger partial charge in [0.1, 0.15) is 17.3 Å². The Balaban J connectivity index is 1.41. The number of carbonyl (C=O) groups excluding carboxylic acids is 1. The third kappa shape index (κ3) is 6.53. The molecule has 214 valence electrons. The molecule has 0 spiro atoms. The fraction of sp³-hybridized carbons (Fsp3) is 0.333. The first-order valence-corrected chi connectivity index (χ1v) is 13.6. The molecule has 2 unspecified atom stereocenters. The number of hydrogen-bond acceptors (Lipinski definition) is 7. The van der Waals surface area contributed by atoms with Crippen LogP contribution in [0.1, 0.15) is 24.0 Å². The van der Waals surface area contributed by atoms with Crippen molar-refractivity contribution in [2.24, 2.45) is 0 Å². The van der Waals surface area contributed by atoms with E-state index in [9.17, 15) is 9.18 Å². The zero-order valence-electron chi connectivity index (χ0n) is 23.4. The summed E-state index contributed by atoms with van der Waals surface area (Å²) in [5, 5.41) is 11.0. The van der Waals surface area contributed by atoms with Crippen LogP contribution in [0, 0.1) is 12.7 Å². The summed E-state index contributed by atoms with van der Waals surface area (Å²) in [5.74, 6) is 0.240. The van der Waals surface area contributed by atoms with Crippen molar-refractivity contribution in [1.29, 1.82) is 0 Å². The highest BCUT2D eigenvalue weighted by Crippen LogP contribution is 2.31. The number of amides is 2. The van der Waals surface area contributed by atoms with Crippen LogP contribution < -0.4 is 15.4 Å². The van der Waals surface area contributed by atoms with E-state index in [4.69, 9.17) is 14.6 Å². The third-order valence-corrected chi connectivity index (χ3v) is 7.15. The second-order valence-corrected chi connectivity index (χ2v) is 9.87. The lowest BCUT2D eigenvalue weighted by Crippen LogP contribution is -2.42. The molecule has 0 aliphatic carbocycles. The summed E-state index contributed by atoms with van der Waals surface area (Å²) in [6, 6.07) is 15.8. The topological polar surface area (TPSA) is 106 Å². The van der Waals surface area contributed by atoms with E-state index in [1.807, 2.05) is 44.2 Å². The predicted octanol–water partition coefficient (Wildman–Crippen LogP) is 4.41. The molecular weight excluding hydrogens is 525 g/mol. The van der Waals surface area contributed by atoms with Crippen LogP contribution in [0.3, 0.4) is 0 Å². The summed E-state index contributed by atoms with van der Waals surface area (Å²) in [6.45, 7) is 6.93. The number of anilines is 1. The summed E-state index contributed by atoms with van der Waals surface area (Å²) >= 11 is 0. The molecule has 5 rings (SSSR count). The van der Waals surface area contributed by atoms with Crippen molar-refractivity contribution in [3.8, 4) is 23.0 Å².